The molecule has 1 aromatic carbocycles. The first-order valence-electron chi connectivity index (χ1n) is 10.7. The molecule has 0 saturated carbocycles. The summed E-state index contributed by atoms with van der Waals surface area (Å²) in [5.74, 6) is -1.56. The van der Waals surface area contributed by atoms with E-state index in [0.717, 1.165) is 36.6 Å². The largest absolute Gasteiger partial charge is 0.459 e. The fraction of sp³-hybridized carbons (Fsp3) is 0.500. The van der Waals surface area contributed by atoms with Gasteiger partial charge in [0.2, 0.25) is 0 Å². The van der Waals surface area contributed by atoms with Gasteiger partial charge >= 0.3 is 5.97 Å². The maximum absolute atomic E-state index is 12.4. The maximum Gasteiger partial charge on any atom is 0.330 e. The van der Waals surface area contributed by atoms with E-state index < -0.39 is 23.9 Å². The van der Waals surface area contributed by atoms with Crippen molar-refractivity contribution >= 4 is 23.0 Å². The molecule has 31 heavy (non-hydrogen) atoms. The minimum Gasteiger partial charge on any atom is -0.459 e. The Labute approximate surface area is 188 Å². The molecule has 2 N–H and O–H groups in total. The van der Waals surface area contributed by atoms with Crippen molar-refractivity contribution in [1.29, 1.82) is 0 Å². The Morgan fingerprint density at radius 1 is 1.42 bits per heavy atom. The number of thioether (sulfide) groups is 1. The van der Waals surface area contributed by atoms with Crippen LogP contribution in [-0.4, -0.2) is 46.1 Å². The fourth-order valence-corrected chi connectivity index (χ4v) is 4.87. The standard InChI is InChI=1S/C24H31NO5S/c1-3-4-8-17(2)13-22(26)29-20-14-19(12-11-18-9-6-5-7-10-18)30-24(28,15-20)21-16-31-23(27)25-21/h3,5-7,9-10,13,19-21,28H,1,4,8,11-12,14-16H2,2H3,(H,25,27)/t19?,20-,21+,24-/m1/s1. The van der Waals surface area contributed by atoms with Crippen LogP contribution in [-0.2, 0) is 20.7 Å². The first-order valence-corrected chi connectivity index (χ1v) is 11.7. The zero-order valence-electron chi connectivity index (χ0n) is 17.9. The molecule has 1 unspecified atom stereocenters. The number of amides is 1. The third-order valence-electron chi connectivity index (χ3n) is 5.62. The average Bonchev–Trinajstić information content (AvgIpc) is 3.18. The quantitative estimate of drug-likeness (QED) is 0.338. The summed E-state index contributed by atoms with van der Waals surface area (Å²) >= 11 is 1.12. The first kappa shape index (κ1) is 23.6. The smallest absolute Gasteiger partial charge is 0.330 e. The van der Waals surface area contributed by atoms with Crippen LogP contribution >= 0.6 is 11.8 Å². The molecule has 7 heteroatoms. The number of ether oxygens (including phenoxy) is 2. The molecule has 2 saturated heterocycles. The van der Waals surface area contributed by atoms with Crippen molar-refractivity contribution in [3.8, 4) is 0 Å². The normalized spacial score (nSPS) is 28.8. The SMILES string of the molecule is C=CCCC(C)=CC(=O)O[C@@H]1CC(CCc2ccccc2)O[C@@](O)([C@@H]2CSC(=O)N2)C1. The van der Waals surface area contributed by atoms with E-state index in [1.54, 1.807) is 0 Å². The van der Waals surface area contributed by atoms with E-state index in [0.29, 0.717) is 18.6 Å². The van der Waals surface area contributed by atoms with Crippen molar-refractivity contribution in [2.24, 2.45) is 0 Å². The second-order valence-corrected chi connectivity index (χ2v) is 9.21. The van der Waals surface area contributed by atoms with E-state index in [4.69, 9.17) is 9.47 Å². The number of aliphatic hydroxyl groups is 1. The number of benzene rings is 1. The molecular weight excluding hydrogens is 414 g/mol. The number of aryl methyl sites for hydroxylation is 1. The molecule has 0 bridgehead atoms. The van der Waals surface area contributed by atoms with Crippen LogP contribution in [0.5, 0.6) is 0 Å². The molecule has 0 radical (unpaired) electrons. The fourth-order valence-electron chi connectivity index (χ4n) is 3.98. The van der Waals surface area contributed by atoms with Crippen molar-refractivity contribution in [3.63, 3.8) is 0 Å². The molecule has 2 aliphatic heterocycles. The van der Waals surface area contributed by atoms with E-state index in [1.807, 2.05) is 31.2 Å². The number of rotatable bonds is 9. The van der Waals surface area contributed by atoms with Crippen LogP contribution in [0.15, 0.2) is 54.6 Å². The zero-order valence-corrected chi connectivity index (χ0v) is 18.7. The molecule has 3 rings (SSSR count). The van der Waals surface area contributed by atoms with Crippen LogP contribution < -0.4 is 5.32 Å². The third kappa shape index (κ3) is 6.95. The number of allylic oxidation sites excluding steroid dienone is 2. The second kappa shape index (κ2) is 11.0. The van der Waals surface area contributed by atoms with Crippen LogP contribution in [0.25, 0.3) is 0 Å². The molecule has 2 fully saturated rings. The lowest BCUT2D eigenvalue weighted by Gasteiger charge is -2.43. The topological polar surface area (TPSA) is 84.9 Å². The number of hydrogen-bond donors (Lipinski definition) is 2. The van der Waals surface area contributed by atoms with E-state index in [-0.39, 0.29) is 17.8 Å². The Morgan fingerprint density at radius 3 is 2.87 bits per heavy atom. The summed E-state index contributed by atoms with van der Waals surface area (Å²) in [6.07, 6.45) is 6.20. The van der Waals surface area contributed by atoms with Gasteiger partial charge in [-0.3, -0.25) is 4.79 Å². The van der Waals surface area contributed by atoms with Gasteiger partial charge < -0.3 is 19.9 Å². The summed E-state index contributed by atoms with van der Waals surface area (Å²) in [6, 6.07) is 9.53. The first-order chi connectivity index (χ1) is 14.9. The minimum atomic E-state index is -1.56. The van der Waals surface area contributed by atoms with E-state index in [2.05, 4.69) is 24.0 Å². The van der Waals surface area contributed by atoms with Crippen molar-refractivity contribution < 1.29 is 24.2 Å². The van der Waals surface area contributed by atoms with Crippen LogP contribution in [0.3, 0.4) is 0 Å². The number of esters is 1. The second-order valence-electron chi connectivity index (χ2n) is 8.22. The van der Waals surface area contributed by atoms with Gasteiger partial charge in [0.15, 0.2) is 5.79 Å². The average molecular weight is 446 g/mol. The van der Waals surface area contributed by atoms with Crippen molar-refractivity contribution in [2.45, 2.75) is 69.5 Å². The summed E-state index contributed by atoms with van der Waals surface area (Å²) in [5, 5.41) is 13.9. The van der Waals surface area contributed by atoms with Gasteiger partial charge in [-0.25, -0.2) is 4.79 Å². The Kier molecular flexibility index (Phi) is 8.35. The predicted octanol–water partition coefficient (Wildman–Crippen LogP) is 4.14. The van der Waals surface area contributed by atoms with Gasteiger partial charge in [-0.05, 0) is 38.2 Å². The third-order valence-corrected chi connectivity index (χ3v) is 6.50. The minimum absolute atomic E-state index is 0.131. The highest BCUT2D eigenvalue weighted by atomic mass is 32.2. The Morgan fingerprint density at radius 2 is 2.19 bits per heavy atom. The van der Waals surface area contributed by atoms with Crippen molar-refractivity contribution in [2.75, 3.05) is 5.75 Å². The predicted molar refractivity (Wildman–Crippen MR) is 122 cm³/mol. The highest BCUT2D eigenvalue weighted by molar-refractivity contribution is 8.14. The molecule has 1 aromatic rings. The van der Waals surface area contributed by atoms with Crippen LogP contribution in [0.2, 0.25) is 0 Å². The summed E-state index contributed by atoms with van der Waals surface area (Å²) in [6.45, 7) is 5.58. The number of carbonyl (C=O) groups is 2. The Balaban J connectivity index is 1.67. The lowest BCUT2D eigenvalue weighted by Crippen LogP contribution is -2.58. The highest BCUT2D eigenvalue weighted by Gasteiger charge is 2.49. The van der Waals surface area contributed by atoms with Crippen LogP contribution in [0, 0.1) is 0 Å². The number of nitrogens with one attached hydrogen (secondary N) is 1. The van der Waals surface area contributed by atoms with Crippen LogP contribution in [0.4, 0.5) is 4.79 Å². The number of carbonyl (C=O) groups excluding carboxylic acids is 2. The molecule has 0 spiro atoms. The lowest BCUT2D eigenvalue weighted by molar-refractivity contribution is -0.283. The maximum atomic E-state index is 12.4. The summed E-state index contributed by atoms with van der Waals surface area (Å²) in [4.78, 5) is 24.1. The molecule has 6 nitrogen and oxygen atoms in total. The van der Waals surface area contributed by atoms with Crippen LogP contribution in [0.1, 0.15) is 44.6 Å². The molecule has 0 aliphatic carbocycles. The Bertz CT molecular complexity index is 811. The van der Waals surface area contributed by atoms with Crippen molar-refractivity contribution in [3.05, 3.63) is 60.2 Å². The lowest BCUT2D eigenvalue weighted by atomic mass is 9.91. The van der Waals surface area contributed by atoms with Gasteiger partial charge in [0, 0.05) is 24.7 Å². The monoisotopic (exact) mass is 445 g/mol. The summed E-state index contributed by atoms with van der Waals surface area (Å²) in [5.41, 5.74) is 2.10. The molecule has 2 heterocycles. The molecule has 168 valence electrons. The van der Waals surface area contributed by atoms with Gasteiger partial charge in [0.1, 0.15) is 6.10 Å². The summed E-state index contributed by atoms with van der Waals surface area (Å²) < 4.78 is 11.8. The number of hydrogen-bond acceptors (Lipinski definition) is 6. The Hall–Kier alpha value is -2.09. The molecule has 4 atom stereocenters. The summed E-state index contributed by atoms with van der Waals surface area (Å²) in [7, 11) is 0. The van der Waals surface area contributed by atoms with Gasteiger partial charge in [-0.2, -0.15) is 0 Å². The highest BCUT2D eigenvalue weighted by Crippen LogP contribution is 2.36. The van der Waals surface area contributed by atoms with Gasteiger partial charge in [0.05, 0.1) is 12.1 Å². The van der Waals surface area contributed by atoms with E-state index in [1.165, 1.54) is 11.6 Å². The van der Waals surface area contributed by atoms with Gasteiger partial charge in [-0.1, -0.05) is 53.7 Å². The molecule has 1 amide bonds. The van der Waals surface area contributed by atoms with E-state index >= 15 is 0 Å². The molecule has 2 aliphatic rings. The molecule has 0 aromatic heterocycles. The van der Waals surface area contributed by atoms with E-state index in [9.17, 15) is 14.7 Å². The molecular formula is C24H31NO5S. The van der Waals surface area contributed by atoms with Gasteiger partial charge in [-0.15, -0.1) is 6.58 Å². The van der Waals surface area contributed by atoms with Crippen molar-refractivity contribution in [1.82, 2.24) is 5.32 Å². The zero-order chi connectivity index (χ0) is 22.3. The van der Waals surface area contributed by atoms with Gasteiger partial charge in [0.25, 0.3) is 5.24 Å².